The molecule has 2 aromatic rings. The van der Waals surface area contributed by atoms with Gasteiger partial charge in [0, 0.05) is 12.1 Å². The highest BCUT2D eigenvalue weighted by molar-refractivity contribution is 5.62. The molecule has 2 rings (SSSR count). The molecule has 0 spiro atoms. The fraction of sp³-hybridized carbons (Fsp3) is 0.250. The molecule has 1 aromatic heterocycles. The van der Waals surface area contributed by atoms with Gasteiger partial charge in [0.1, 0.15) is 5.82 Å². The van der Waals surface area contributed by atoms with Gasteiger partial charge in [0.15, 0.2) is 0 Å². The lowest BCUT2D eigenvalue weighted by molar-refractivity contribution is 0.540. The van der Waals surface area contributed by atoms with Crippen LogP contribution in [0, 0.1) is 0 Å². The van der Waals surface area contributed by atoms with Crippen LogP contribution in [0.1, 0.15) is 19.9 Å². The minimum atomic E-state index is 0.317. The van der Waals surface area contributed by atoms with Crippen molar-refractivity contribution in [1.82, 2.24) is 9.78 Å². The minimum absolute atomic E-state index is 0.317. The summed E-state index contributed by atoms with van der Waals surface area (Å²) in [6.07, 6.45) is 0. The van der Waals surface area contributed by atoms with Gasteiger partial charge in [-0.2, -0.15) is 5.10 Å². The van der Waals surface area contributed by atoms with Crippen molar-refractivity contribution < 1.29 is 0 Å². The molecule has 0 saturated carbocycles. The van der Waals surface area contributed by atoms with E-state index in [0.717, 1.165) is 11.3 Å². The van der Waals surface area contributed by atoms with Crippen molar-refractivity contribution in [2.24, 2.45) is 0 Å². The van der Waals surface area contributed by atoms with Gasteiger partial charge in [-0.25, -0.2) is 0 Å². The Morgan fingerprint density at radius 3 is 2.47 bits per heavy atom. The number of rotatable bonds is 2. The van der Waals surface area contributed by atoms with E-state index in [4.69, 9.17) is 5.73 Å². The third-order valence-corrected chi connectivity index (χ3v) is 2.31. The van der Waals surface area contributed by atoms with Crippen LogP contribution in [0.4, 0.5) is 5.82 Å². The van der Waals surface area contributed by atoms with Crippen molar-refractivity contribution in [3.63, 3.8) is 0 Å². The summed E-state index contributed by atoms with van der Waals surface area (Å²) in [7, 11) is 0. The normalized spacial score (nSPS) is 10.9. The molecule has 0 unspecified atom stereocenters. The van der Waals surface area contributed by atoms with E-state index in [-0.39, 0.29) is 0 Å². The molecule has 1 heterocycles. The predicted octanol–water partition coefficient (Wildman–Crippen LogP) is 2.71. The van der Waals surface area contributed by atoms with E-state index in [0.29, 0.717) is 11.9 Å². The van der Waals surface area contributed by atoms with Gasteiger partial charge in [-0.05, 0) is 19.4 Å². The van der Waals surface area contributed by atoms with Crippen LogP contribution >= 0.6 is 0 Å². The van der Waals surface area contributed by atoms with Gasteiger partial charge in [-0.3, -0.25) is 4.68 Å². The van der Waals surface area contributed by atoms with Gasteiger partial charge >= 0.3 is 0 Å². The van der Waals surface area contributed by atoms with E-state index < -0.39 is 0 Å². The van der Waals surface area contributed by atoms with Crippen molar-refractivity contribution in [2.75, 3.05) is 5.73 Å². The van der Waals surface area contributed by atoms with E-state index in [2.05, 4.69) is 31.1 Å². The molecule has 0 atom stereocenters. The zero-order valence-corrected chi connectivity index (χ0v) is 9.01. The zero-order chi connectivity index (χ0) is 10.8. The monoisotopic (exact) mass is 201 g/mol. The molecule has 0 aliphatic heterocycles. The molecule has 15 heavy (non-hydrogen) atoms. The first kappa shape index (κ1) is 9.77. The van der Waals surface area contributed by atoms with Gasteiger partial charge in [0.05, 0.1) is 5.69 Å². The molecule has 0 bridgehead atoms. The molecular formula is C12H15N3. The van der Waals surface area contributed by atoms with Crippen LogP contribution in [-0.2, 0) is 0 Å². The molecule has 1 aromatic carbocycles. The fourth-order valence-electron chi connectivity index (χ4n) is 1.63. The first-order valence-electron chi connectivity index (χ1n) is 5.09. The van der Waals surface area contributed by atoms with Crippen LogP contribution in [0.5, 0.6) is 0 Å². The molecule has 0 radical (unpaired) electrons. The van der Waals surface area contributed by atoms with Crippen LogP contribution in [0.3, 0.4) is 0 Å². The molecule has 78 valence electrons. The van der Waals surface area contributed by atoms with Crippen molar-refractivity contribution in [1.29, 1.82) is 0 Å². The average Bonchev–Trinajstić information content (AvgIpc) is 2.62. The maximum Gasteiger partial charge on any atom is 0.146 e. The number of anilines is 1. The number of aromatic nitrogens is 2. The lowest BCUT2D eigenvalue weighted by Gasteiger charge is -2.10. The molecule has 0 aliphatic carbocycles. The van der Waals surface area contributed by atoms with E-state index in [9.17, 15) is 0 Å². The summed E-state index contributed by atoms with van der Waals surface area (Å²) in [4.78, 5) is 0. The van der Waals surface area contributed by atoms with Gasteiger partial charge in [0.25, 0.3) is 0 Å². The number of nitrogen functional groups attached to an aromatic ring is 1. The summed E-state index contributed by atoms with van der Waals surface area (Å²) in [5.74, 6) is 0.572. The van der Waals surface area contributed by atoms with E-state index in [1.54, 1.807) is 0 Å². The first-order valence-corrected chi connectivity index (χ1v) is 5.09. The van der Waals surface area contributed by atoms with E-state index in [1.165, 1.54) is 0 Å². The number of benzene rings is 1. The highest BCUT2D eigenvalue weighted by Gasteiger charge is 2.09. The van der Waals surface area contributed by atoms with Gasteiger partial charge in [-0.1, -0.05) is 30.3 Å². The predicted molar refractivity (Wildman–Crippen MR) is 62.5 cm³/mol. The van der Waals surface area contributed by atoms with Gasteiger partial charge < -0.3 is 5.73 Å². The minimum Gasteiger partial charge on any atom is -0.382 e. The second-order valence-electron chi connectivity index (χ2n) is 3.86. The lowest BCUT2D eigenvalue weighted by atomic mass is 10.1. The Kier molecular flexibility index (Phi) is 2.46. The Hall–Kier alpha value is -1.77. The molecule has 3 heteroatoms. The van der Waals surface area contributed by atoms with E-state index >= 15 is 0 Å². The van der Waals surface area contributed by atoms with Crippen LogP contribution in [-0.4, -0.2) is 9.78 Å². The topological polar surface area (TPSA) is 43.8 Å². The maximum atomic E-state index is 5.72. The Morgan fingerprint density at radius 1 is 1.20 bits per heavy atom. The van der Waals surface area contributed by atoms with Crippen LogP contribution in [0.15, 0.2) is 36.4 Å². The molecular weight excluding hydrogens is 186 g/mol. The number of nitrogens with two attached hydrogens (primary N) is 1. The van der Waals surface area contributed by atoms with Crippen LogP contribution in [0.2, 0.25) is 0 Å². The maximum absolute atomic E-state index is 5.72. The van der Waals surface area contributed by atoms with E-state index in [1.807, 2.05) is 28.9 Å². The molecule has 0 aliphatic rings. The largest absolute Gasteiger partial charge is 0.382 e. The third kappa shape index (κ3) is 1.86. The second kappa shape index (κ2) is 3.77. The smallest absolute Gasteiger partial charge is 0.146 e. The third-order valence-electron chi connectivity index (χ3n) is 2.31. The summed E-state index contributed by atoms with van der Waals surface area (Å²) in [5.41, 5.74) is 7.94. The van der Waals surface area contributed by atoms with Gasteiger partial charge in [-0.15, -0.1) is 0 Å². The average molecular weight is 201 g/mol. The number of hydrogen-bond donors (Lipinski definition) is 1. The van der Waals surface area contributed by atoms with Crippen LogP contribution in [0.25, 0.3) is 11.3 Å². The lowest BCUT2D eigenvalue weighted by Crippen LogP contribution is -2.05. The number of hydrogen-bond acceptors (Lipinski definition) is 2. The first-order chi connectivity index (χ1) is 7.18. The summed E-state index contributed by atoms with van der Waals surface area (Å²) >= 11 is 0. The molecule has 2 N–H and O–H groups in total. The zero-order valence-electron chi connectivity index (χ0n) is 9.01. The highest BCUT2D eigenvalue weighted by atomic mass is 15.3. The summed E-state index contributed by atoms with van der Waals surface area (Å²) < 4.78 is 1.95. The number of nitrogens with zero attached hydrogens (tertiary/aromatic N) is 2. The Labute approximate surface area is 89.5 Å². The quantitative estimate of drug-likeness (QED) is 0.811. The van der Waals surface area contributed by atoms with Crippen molar-refractivity contribution in [3.8, 4) is 11.3 Å². The van der Waals surface area contributed by atoms with Crippen LogP contribution < -0.4 is 5.73 Å². The summed E-state index contributed by atoms with van der Waals surface area (Å²) in [5, 5.41) is 4.28. The molecule has 0 amide bonds. The summed E-state index contributed by atoms with van der Waals surface area (Å²) in [6, 6.07) is 12.4. The Morgan fingerprint density at radius 2 is 1.87 bits per heavy atom. The SMILES string of the molecule is CC(C)n1nc(N)cc1-c1ccccc1. The Balaban J connectivity index is 2.53. The molecule has 0 saturated heterocycles. The van der Waals surface area contributed by atoms with Crippen molar-refractivity contribution in [2.45, 2.75) is 19.9 Å². The van der Waals surface area contributed by atoms with Crippen molar-refractivity contribution in [3.05, 3.63) is 36.4 Å². The van der Waals surface area contributed by atoms with Gasteiger partial charge in [0.2, 0.25) is 0 Å². The molecule has 3 nitrogen and oxygen atoms in total. The van der Waals surface area contributed by atoms with Crippen molar-refractivity contribution >= 4 is 5.82 Å². The second-order valence-corrected chi connectivity index (χ2v) is 3.86. The highest BCUT2D eigenvalue weighted by Crippen LogP contribution is 2.24. The fourth-order valence-corrected chi connectivity index (χ4v) is 1.63. The molecule has 0 fully saturated rings. The Bertz CT molecular complexity index is 443. The summed E-state index contributed by atoms with van der Waals surface area (Å²) in [6.45, 7) is 4.19. The standard InChI is InChI=1S/C12H15N3/c1-9(2)15-11(8-12(13)14-15)10-6-4-3-5-7-10/h3-9H,1-2H3,(H2,13,14).